The number of rotatable bonds is 0. The summed E-state index contributed by atoms with van der Waals surface area (Å²) in [5.74, 6) is 0. The molecule has 44 valence electrons. The lowest BCUT2D eigenvalue weighted by atomic mass is 10.9. The molecule has 0 aliphatic rings. The van der Waals surface area contributed by atoms with Crippen LogP contribution in [0.25, 0.3) is 0 Å². The predicted octanol–water partition coefficient (Wildman–Crippen LogP) is 3.32. The summed E-state index contributed by atoms with van der Waals surface area (Å²) in [4.78, 5) is 0. The molecule has 1 atom stereocenters. The van der Waals surface area contributed by atoms with Crippen molar-refractivity contribution < 1.29 is 0 Å². The van der Waals surface area contributed by atoms with E-state index in [0.717, 1.165) is 0 Å². The minimum Gasteiger partial charge on any atom is -0.106 e. The Kier molecular flexibility index (Phi) is 3.67. The maximum Gasteiger partial charge on any atom is 0.216 e. The Bertz CT molecular complexity index is 55.2. The van der Waals surface area contributed by atoms with Crippen molar-refractivity contribution in [1.29, 1.82) is 0 Å². The highest BCUT2D eigenvalue weighted by Gasteiger charge is 2.27. The Morgan fingerprint density at radius 1 is 1.29 bits per heavy atom. The van der Waals surface area contributed by atoms with Gasteiger partial charge in [-0.25, -0.2) is 0 Å². The second-order valence-electron chi connectivity index (χ2n) is 0.842. The van der Waals surface area contributed by atoms with Crippen LogP contribution in [0.15, 0.2) is 0 Å². The third kappa shape index (κ3) is 4.16. The normalized spacial score (nSPS) is 16.7. The van der Waals surface area contributed by atoms with Gasteiger partial charge in [-0.3, -0.25) is 0 Å². The molecule has 0 aromatic carbocycles. The van der Waals surface area contributed by atoms with E-state index in [1.807, 2.05) is 0 Å². The van der Waals surface area contributed by atoms with Gasteiger partial charge in [0.2, 0.25) is 3.79 Å². The van der Waals surface area contributed by atoms with E-state index in [2.05, 4.69) is 15.9 Å². The van der Waals surface area contributed by atoms with Crippen LogP contribution in [-0.2, 0) is 0 Å². The van der Waals surface area contributed by atoms with E-state index in [-0.39, 0.29) is 0 Å². The van der Waals surface area contributed by atoms with E-state index in [1.165, 1.54) is 0 Å². The van der Waals surface area contributed by atoms with Crippen LogP contribution in [0, 0.1) is 0 Å². The SMILES string of the molecule is ClC(Br)C(Cl)(Cl)Cl. The van der Waals surface area contributed by atoms with Gasteiger partial charge < -0.3 is 0 Å². The number of hydrogen-bond acceptors (Lipinski definition) is 0. The standard InChI is InChI=1S/C2HBrCl4/c3-1(4)2(5,6)7/h1H. The van der Waals surface area contributed by atoms with Gasteiger partial charge in [-0.1, -0.05) is 50.7 Å². The largest absolute Gasteiger partial charge is 0.216 e. The second kappa shape index (κ2) is 2.98. The molecule has 0 amide bonds. The van der Waals surface area contributed by atoms with Gasteiger partial charge in [-0.15, -0.1) is 11.6 Å². The zero-order valence-electron chi connectivity index (χ0n) is 2.97. The highest BCUT2D eigenvalue weighted by Crippen LogP contribution is 2.36. The molecule has 0 spiro atoms. The molecule has 0 heterocycles. The van der Waals surface area contributed by atoms with E-state index >= 15 is 0 Å². The van der Waals surface area contributed by atoms with Crippen LogP contribution in [0.3, 0.4) is 0 Å². The minimum absolute atomic E-state index is 0.620. The second-order valence-corrected chi connectivity index (χ2v) is 5.09. The molecule has 0 nitrogen and oxygen atoms in total. The predicted molar refractivity (Wildman–Crippen MR) is 38.9 cm³/mol. The Morgan fingerprint density at radius 3 is 1.43 bits per heavy atom. The summed E-state index contributed by atoms with van der Waals surface area (Å²) >= 11 is 23.8. The molecule has 0 aliphatic carbocycles. The van der Waals surface area contributed by atoms with Crippen LogP contribution in [0.5, 0.6) is 0 Å². The van der Waals surface area contributed by atoms with Crippen molar-refractivity contribution in [2.75, 3.05) is 0 Å². The molecule has 7 heavy (non-hydrogen) atoms. The quantitative estimate of drug-likeness (QED) is 0.576. The lowest BCUT2D eigenvalue weighted by Crippen LogP contribution is -2.11. The van der Waals surface area contributed by atoms with Crippen molar-refractivity contribution in [3.05, 3.63) is 0 Å². The third-order valence-electron chi connectivity index (χ3n) is 0.247. The van der Waals surface area contributed by atoms with Crippen molar-refractivity contribution >= 4 is 62.3 Å². The third-order valence-corrected chi connectivity index (χ3v) is 3.04. The zero-order valence-corrected chi connectivity index (χ0v) is 7.58. The molecule has 0 aromatic heterocycles. The summed E-state index contributed by atoms with van der Waals surface area (Å²) in [6.45, 7) is 0. The summed E-state index contributed by atoms with van der Waals surface area (Å²) in [6.07, 6.45) is 0. The van der Waals surface area contributed by atoms with Crippen molar-refractivity contribution in [3.8, 4) is 0 Å². The maximum absolute atomic E-state index is 5.27. The monoisotopic (exact) mass is 244 g/mol. The molecule has 0 saturated carbocycles. The first-order valence-electron chi connectivity index (χ1n) is 1.29. The Morgan fingerprint density at radius 2 is 1.43 bits per heavy atom. The molecular weight excluding hydrogens is 246 g/mol. The van der Waals surface area contributed by atoms with Gasteiger partial charge in [0.1, 0.15) is 4.29 Å². The first kappa shape index (κ1) is 8.64. The van der Waals surface area contributed by atoms with E-state index in [4.69, 9.17) is 46.4 Å². The zero-order chi connectivity index (χ0) is 6.08. The molecule has 0 rings (SSSR count). The highest BCUT2D eigenvalue weighted by molar-refractivity contribution is 9.10. The molecule has 0 radical (unpaired) electrons. The molecule has 0 aromatic rings. The molecule has 0 saturated heterocycles. The van der Waals surface area contributed by atoms with Crippen LogP contribution < -0.4 is 0 Å². The fourth-order valence-electron chi connectivity index (χ4n) is 0. The topological polar surface area (TPSA) is 0 Å². The fraction of sp³-hybridized carbons (Fsp3) is 1.00. The van der Waals surface area contributed by atoms with Gasteiger partial charge in [0, 0.05) is 0 Å². The van der Waals surface area contributed by atoms with Gasteiger partial charge in [-0.05, 0) is 0 Å². The van der Waals surface area contributed by atoms with E-state index in [0.29, 0.717) is 0 Å². The van der Waals surface area contributed by atoms with E-state index < -0.39 is 8.08 Å². The molecule has 5 heteroatoms. The molecule has 1 unspecified atom stereocenters. The van der Waals surface area contributed by atoms with Crippen molar-refractivity contribution in [2.45, 2.75) is 8.08 Å². The smallest absolute Gasteiger partial charge is 0.106 e. The lowest BCUT2D eigenvalue weighted by molar-refractivity contribution is 1.22. The summed E-state index contributed by atoms with van der Waals surface area (Å²) in [7, 11) is 0. The molecule has 0 aliphatic heterocycles. The van der Waals surface area contributed by atoms with Crippen molar-refractivity contribution in [2.24, 2.45) is 0 Å². The minimum atomic E-state index is -1.40. The summed E-state index contributed by atoms with van der Waals surface area (Å²) < 4.78 is -2.02. The number of alkyl halides is 5. The maximum atomic E-state index is 5.27. The Balaban J connectivity index is 3.54. The molecule has 0 bridgehead atoms. The van der Waals surface area contributed by atoms with Crippen molar-refractivity contribution in [3.63, 3.8) is 0 Å². The average molecular weight is 247 g/mol. The first-order chi connectivity index (χ1) is 2.94. The summed E-state index contributed by atoms with van der Waals surface area (Å²) in [6, 6.07) is 0. The van der Waals surface area contributed by atoms with Gasteiger partial charge in [-0.2, -0.15) is 0 Å². The number of hydrogen-bond donors (Lipinski definition) is 0. The van der Waals surface area contributed by atoms with Gasteiger partial charge in [0.15, 0.2) is 0 Å². The van der Waals surface area contributed by atoms with Gasteiger partial charge in [0.25, 0.3) is 0 Å². The lowest BCUT2D eigenvalue weighted by Gasteiger charge is -2.09. The van der Waals surface area contributed by atoms with E-state index in [1.54, 1.807) is 0 Å². The summed E-state index contributed by atoms with van der Waals surface area (Å²) in [5, 5.41) is 0. The Labute approximate surface area is 70.2 Å². The van der Waals surface area contributed by atoms with Crippen LogP contribution in [0.1, 0.15) is 0 Å². The van der Waals surface area contributed by atoms with Crippen LogP contribution >= 0.6 is 62.3 Å². The molecule has 0 N–H and O–H groups in total. The summed E-state index contributed by atoms with van der Waals surface area (Å²) in [5.41, 5.74) is 0. The number of halogens is 5. The fourth-order valence-corrected chi connectivity index (χ4v) is 0. The van der Waals surface area contributed by atoms with Crippen LogP contribution in [-0.4, -0.2) is 8.08 Å². The molecule has 0 fully saturated rings. The van der Waals surface area contributed by atoms with Crippen molar-refractivity contribution in [1.82, 2.24) is 0 Å². The van der Waals surface area contributed by atoms with Gasteiger partial charge in [0.05, 0.1) is 0 Å². The first-order valence-corrected chi connectivity index (χ1v) is 3.78. The average Bonchev–Trinajstić information content (AvgIpc) is 1.31. The Hall–Kier alpha value is 1.64. The van der Waals surface area contributed by atoms with Gasteiger partial charge >= 0.3 is 0 Å². The highest BCUT2D eigenvalue weighted by atomic mass is 79.9. The molecular formula is C2HBrCl4. The van der Waals surface area contributed by atoms with Crippen LogP contribution in [0.2, 0.25) is 0 Å². The van der Waals surface area contributed by atoms with E-state index in [9.17, 15) is 0 Å². The van der Waals surface area contributed by atoms with Crippen LogP contribution in [0.4, 0.5) is 0 Å².